The van der Waals surface area contributed by atoms with Gasteiger partial charge in [-0.2, -0.15) is 0 Å². The van der Waals surface area contributed by atoms with Gasteiger partial charge >= 0.3 is 0 Å². The molecule has 74 valence electrons. The Labute approximate surface area is 90.6 Å². The molecule has 1 aromatic carbocycles. The Kier molecular flexibility index (Phi) is 4.41. The Morgan fingerprint density at radius 3 is 2.86 bits per heavy atom. The molecular formula is C10H9BrFNO. The summed E-state index contributed by atoms with van der Waals surface area (Å²) in [5, 5.41) is 0.857. The Balaban J connectivity index is 2.63. The maximum Gasteiger partial charge on any atom is 0.222 e. The molecule has 2 nitrogen and oxygen atoms in total. The molecule has 0 radical (unpaired) electrons. The van der Waals surface area contributed by atoms with Gasteiger partial charge in [0.1, 0.15) is 11.6 Å². The quantitative estimate of drug-likeness (QED) is 0.457. The summed E-state index contributed by atoms with van der Waals surface area (Å²) in [5.41, 5.74) is 0.0258. The Bertz CT molecular complexity index is 348. The number of hydrogen-bond donors (Lipinski definition) is 0. The van der Waals surface area contributed by atoms with Crippen molar-refractivity contribution in [3.63, 3.8) is 0 Å². The molecule has 0 saturated heterocycles. The highest BCUT2D eigenvalue weighted by Gasteiger charge is 2.02. The van der Waals surface area contributed by atoms with Crippen LogP contribution in [0.4, 0.5) is 10.1 Å². The molecule has 0 aliphatic rings. The first-order valence-corrected chi connectivity index (χ1v) is 5.26. The lowest BCUT2D eigenvalue weighted by atomic mass is 10.3. The van der Waals surface area contributed by atoms with Crippen molar-refractivity contribution in [1.82, 2.24) is 0 Å². The van der Waals surface area contributed by atoms with Crippen molar-refractivity contribution in [2.24, 2.45) is 0 Å². The van der Waals surface area contributed by atoms with Crippen molar-refractivity contribution >= 4 is 21.6 Å². The fourth-order valence-corrected chi connectivity index (χ4v) is 1.14. The van der Waals surface area contributed by atoms with Crippen LogP contribution >= 0.6 is 15.9 Å². The van der Waals surface area contributed by atoms with E-state index in [-0.39, 0.29) is 5.69 Å². The Morgan fingerprint density at radius 1 is 1.50 bits per heavy atom. The summed E-state index contributed by atoms with van der Waals surface area (Å²) in [4.78, 5) is 3.02. The maximum atomic E-state index is 13.1. The normalized spacial score (nSPS) is 9.50. The highest BCUT2D eigenvalue weighted by Crippen LogP contribution is 2.22. The molecule has 0 N–H and O–H groups in total. The molecule has 0 unspecified atom stereocenters. The van der Waals surface area contributed by atoms with Crippen LogP contribution in [-0.4, -0.2) is 11.9 Å². The molecule has 0 aliphatic heterocycles. The van der Waals surface area contributed by atoms with Crippen LogP contribution in [0.5, 0.6) is 5.75 Å². The van der Waals surface area contributed by atoms with E-state index in [1.54, 1.807) is 6.07 Å². The van der Waals surface area contributed by atoms with Gasteiger partial charge in [-0.3, -0.25) is 0 Å². The van der Waals surface area contributed by atoms with Gasteiger partial charge < -0.3 is 4.74 Å². The lowest BCUT2D eigenvalue weighted by molar-refractivity contribution is 0.317. The van der Waals surface area contributed by atoms with Gasteiger partial charge in [0.05, 0.1) is 13.2 Å². The molecule has 0 aromatic heterocycles. The van der Waals surface area contributed by atoms with Gasteiger partial charge in [0.2, 0.25) is 5.69 Å². The topological polar surface area (TPSA) is 13.6 Å². The zero-order chi connectivity index (χ0) is 10.4. The predicted molar refractivity (Wildman–Crippen MR) is 56.6 cm³/mol. The molecule has 0 amide bonds. The van der Waals surface area contributed by atoms with Crippen LogP contribution in [0.25, 0.3) is 4.85 Å². The fourth-order valence-electron chi connectivity index (χ4n) is 0.913. The number of hydrogen-bond acceptors (Lipinski definition) is 1. The van der Waals surface area contributed by atoms with E-state index in [0.717, 1.165) is 11.8 Å². The average Bonchev–Trinajstić information content (AvgIpc) is 2.18. The van der Waals surface area contributed by atoms with Crippen LogP contribution in [-0.2, 0) is 0 Å². The van der Waals surface area contributed by atoms with Crippen LogP contribution in [0.1, 0.15) is 6.42 Å². The molecule has 0 aliphatic carbocycles. The summed E-state index contributed by atoms with van der Waals surface area (Å²) in [7, 11) is 0. The Hall–Kier alpha value is -1.08. The largest absolute Gasteiger partial charge is 0.494 e. The van der Waals surface area contributed by atoms with E-state index in [0.29, 0.717) is 12.4 Å². The highest BCUT2D eigenvalue weighted by atomic mass is 79.9. The van der Waals surface area contributed by atoms with Gasteiger partial charge in [-0.25, -0.2) is 9.24 Å². The third-order valence-corrected chi connectivity index (χ3v) is 2.15. The van der Waals surface area contributed by atoms with E-state index in [4.69, 9.17) is 11.3 Å². The summed E-state index contributed by atoms with van der Waals surface area (Å²) in [6, 6.07) is 4.26. The average molecular weight is 258 g/mol. The first kappa shape index (κ1) is 11.0. The number of halogens is 2. The van der Waals surface area contributed by atoms with E-state index in [9.17, 15) is 4.39 Å². The summed E-state index contributed by atoms with van der Waals surface area (Å²) >= 11 is 3.27. The molecule has 0 saturated carbocycles. The standard InChI is InChI=1S/C10H9BrFNO/c1-13-10-4-3-8(7-9(10)12)14-6-2-5-11/h3-4,7H,2,5-6H2. The maximum absolute atomic E-state index is 13.1. The van der Waals surface area contributed by atoms with Crippen LogP contribution in [0.15, 0.2) is 18.2 Å². The molecule has 0 heterocycles. The lowest BCUT2D eigenvalue weighted by Crippen LogP contribution is -1.97. The third kappa shape index (κ3) is 3.00. The third-order valence-electron chi connectivity index (χ3n) is 1.59. The summed E-state index contributed by atoms with van der Waals surface area (Å²) in [5.74, 6) is -0.0628. The summed E-state index contributed by atoms with van der Waals surface area (Å²) in [6.07, 6.45) is 0.867. The second kappa shape index (κ2) is 5.61. The van der Waals surface area contributed by atoms with E-state index in [1.165, 1.54) is 12.1 Å². The van der Waals surface area contributed by atoms with Crippen molar-refractivity contribution < 1.29 is 9.13 Å². The summed E-state index contributed by atoms with van der Waals surface area (Å²) in [6.45, 7) is 7.20. The molecule has 0 fully saturated rings. The Morgan fingerprint density at radius 2 is 2.29 bits per heavy atom. The first-order chi connectivity index (χ1) is 6.77. The zero-order valence-corrected chi connectivity index (χ0v) is 9.05. The van der Waals surface area contributed by atoms with E-state index >= 15 is 0 Å². The fraction of sp³-hybridized carbons (Fsp3) is 0.300. The van der Waals surface area contributed by atoms with Crippen molar-refractivity contribution in [2.45, 2.75) is 6.42 Å². The minimum atomic E-state index is -0.531. The monoisotopic (exact) mass is 257 g/mol. The van der Waals surface area contributed by atoms with E-state index in [2.05, 4.69) is 20.8 Å². The molecule has 4 heteroatoms. The van der Waals surface area contributed by atoms with E-state index in [1.807, 2.05) is 0 Å². The molecule has 1 aromatic rings. The highest BCUT2D eigenvalue weighted by molar-refractivity contribution is 9.09. The van der Waals surface area contributed by atoms with Crippen LogP contribution < -0.4 is 4.74 Å². The van der Waals surface area contributed by atoms with Crippen LogP contribution in [0, 0.1) is 12.4 Å². The first-order valence-electron chi connectivity index (χ1n) is 4.13. The predicted octanol–water partition coefficient (Wildman–Crippen LogP) is 3.54. The van der Waals surface area contributed by atoms with Crippen LogP contribution in [0.2, 0.25) is 0 Å². The van der Waals surface area contributed by atoms with Crippen molar-refractivity contribution in [2.75, 3.05) is 11.9 Å². The number of alkyl halides is 1. The van der Waals surface area contributed by atoms with Gasteiger partial charge in [0, 0.05) is 11.4 Å². The minimum Gasteiger partial charge on any atom is -0.494 e. The van der Waals surface area contributed by atoms with Gasteiger partial charge in [0.15, 0.2) is 0 Å². The zero-order valence-electron chi connectivity index (χ0n) is 7.46. The second-order valence-electron chi connectivity index (χ2n) is 2.62. The summed E-state index contributed by atoms with van der Waals surface area (Å²) < 4.78 is 18.3. The molecule has 0 atom stereocenters. The SMILES string of the molecule is [C-]#[N+]c1ccc(OCCCBr)cc1F. The van der Waals surface area contributed by atoms with Gasteiger partial charge in [-0.05, 0) is 18.6 Å². The smallest absolute Gasteiger partial charge is 0.222 e. The van der Waals surface area contributed by atoms with Gasteiger partial charge in [0.25, 0.3) is 0 Å². The molecule has 1 rings (SSSR count). The minimum absolute atomic E-state index is 0.0258. The van der Waals surface area contributed by atoms with Crippen molar-refractivity contribution in [3.05, 3.63) is 35.4 Å². The molecule has 0 spiro atoms. The number of ether oxygens (including phenoxy) is 1. The lowest BCUT2D eigenvalue weighted by Gasteiger charge is -2.04. The van der Waals surface area contributed by atoms with Gasteiger partial charge in [-0.15, -0.1) is 0 Å². The molecule has 14 heavy (non-hydrogen) atoms. The van der Waals surface area contributed by atoms with E-state index < -0.39 is 5.82 Å². The van der Waals surface area contributed by atoms with Crippen molar-refractivity contribution in [3.8, 4) is 5.75 Å². The number of benzene rings is 1. The molecular weight excluding hydrogens is 249 g/mol. The van der Waals surface area contributed by atoms with Gasteiger partial charge in [-0.1, -0.05) is 15.9 Å². The van der Waals surface area contributed by atoms with Crippen LogP contribution in [0.3, 0.4) is 0 Å². The molecule has 0 bridgehead atoms. The van der Waals surface area contributed by atoms with Crippen molar-refractivity contribution in [1.29, 1.82) is 0 Å². The number of nitrogens with zero attached hydrogens (tertiary/aromatic N) is 1. The second-order valence-corrected chi connectivity index (χ2v) is 3.41. The number of rotatable bonds is 4.